The van der Waals surface area contributed by atoms with Crippen molar-refractivity contribution in [3.8, 4) is 5.75 Å². The summed E-state index contributed by atoms with van der Waals surface area (Å²) in [6.07, 6.45) is 3.79. The Labute approximate surface area is 163 Å². The molecule has 2 aromatic carbocycles. The lowest BCUT2D eigenvalue weighted by atomic mass is 9.79. The van der Waals surface area contributed by atoms with Crippen LogP contribution in [0.1, 0.15) is 28.4 Å². The van der Waals surface area contributed by atoms with Crippen LogP contribution in [-0.4, -0.2) is 23.0 Å². The number of nitrogens with two attached hydrogens (primary N) is 1. The van der Waals surface area contributed by atoms with Gasteiger partial charge in [-0.05, 0) is 34.8 Å². The van der Waals surface area contributed by atoms with Gasteiger partial charge in [0.15, 0.2) is 0 Å². The monoisotopic (exact) mass is 373 g/mol. The third kappa shape index (κ3) is 3.76. The largest absolute Gasteiger partial charge is 0.491 e. The molecule has 28 heavy (non-hydrogen) atoms. The number of nitrogens with one attached hydrogen (secondary N) is 1. The van der Waals surface area contributed by atoms with Gasteiger partial charge in [-0.25, -0.2) is 0 Å². The van der Waals surface area contributed by atoms with Gasteiger partial charge in [0, 0.05) is 24.4 Å². The normalized spacial score (nSPS) is 15.3. The van der Waals surface area contributed by atoms with Gasteiger partial charge in [-0.2, -0.15) is 0 Å². The van der Waals surface area contributed by atoms with Crippen LogP contribution in [0.15, 0.2) is 67.0 Å². The second kappa shape index (κ2) is 7.84. The summed E-state index contributed by atoms with van der Waals surface area (Å²) in [6, 6.07) is 17.0. The van der Waals surface area contributed by atoms with Gasteiger partial charge in [-0.1, -0.05) is 36.4 Å². The van der Waals surface area contributed by atoms with Crippen LogP contribution in [-0.2, 0) is 17.7 Å². The second-order valence-corrected chi connectivity index (χ2v) is 6.70. The van der Waals surface area contributed by atoms with Gasteiger partial charge in [0.1, 0.15) is 18.2 Å². The average Bonchev–Trinajstić information content (AvgIpc) is 3.03. The Morgan fingerprint density at radius 2 is 2.04 bits per heavy atom. The van der Waals surface area contributed by atoms with Crippen LogP contribution >= 0.6 is 0 Å². The van der Waals surface area contributed by atoms with E-state index < -0.39 is 7.12 Å². The molecule has 6 nitrogen and oxygen atoms in total. The Morgan fingerprint density at radius 3 is 2.82 bits per heavy atom. The fourth-order valence-electron chi connectivity index (χ4n) is 3.38. The highest BCUT2D eigenvalue weighted by molar-refractivity contribution is 6.61. The number of aromatic nitrogens is 1. The molecule has 7 heteroatoms. The van der Waals surface area contributed by atoms with Crippen LogP contribution in [0.2, 0.25) is 0 Å². The first-order valence-corrected chi connectivity index (χ1v) is 9.03. The van der Waals surface area contributed by atoms with E-state index in [1.54, 1.807) is 18.5 Å². The smallest absolute Gasteiger partial charge is 0.488 e. The number of fused-ring (bicyclic) bond motifs is 1. The summed E-state index contributed by atoms with van der Waals surface area (Å²) < 4.78 is 11.7. The first-order valence-electron chi connectivity index (χ1n) is 9.03. The predicted octanol–water partition coefficient (Wildman–Crippen LogP) is 1.95. The molecule has 4 rings (SSSR count). The first-order chi connectivity index (χ1) is 13.6. The van der Waals surface area contributed by atoms with E-state index in [0.29, 0.717) is 24.3 Å². The molecule has 2 heterocycles. The minimum Gasteiger partial charge on any atom is -0.488 e. The first kappa shape index (κ1) is 18.2. The van der Waals surface area contributed by atoms with Crippen molar-refractivity contribution >= 4 is 18.4 Å². The summed E-state index contributed by atoms with van der Waals surface area (Å²) in [6.45, 7) is 0.332. The number of benzene rings is 2. The maximum absolute atomic E-state index is 10.1. The van der Waals surface area contributed by atoms with E-state index in [2.05, 4.69) is 4.98 Å². The Kier molecular flexibility index (Phi) is 5.10. The molecule has 1 atom stereocenters. The molecular weight excluding hydrogens is 353 g/mol. The summed E-state index contributed by atoms with van der Waals surface area (Å²) >= 11 is 0. The maximum atomic E-state index is 10.1. The number of nitrogens with zero attached hydrogens (tertiary/aromatic N) is 1. The summed E-state index contributed by atoms with van der Waals surface area (Å²) in [5.74, 6) is 0.492. The van der Waals surface area contributed by atoms with Crippen molar-refractivity contribution in [1.29, 1.82) is 5.41 Å². The van der Waals surface area contributed by atoms with E-state index >= 15 is 0 Å². The van der Waals surface area contributed by atoms with E-state index in [1.165, 1.54) is 0 Å². The van der Waals surface area contributed by atoms with Gasteiger partial charge in [-0.3, -0.25) is 10.4 Å². The number of ether oxygens (including phenoxy) is 1. The van der Waals surface area contributed by atoms with Crippen molar-refractivity contribution in [3.05, 3.63) is 89.2 Å². The highest BCUT2D eigenvalue weighted by Crippen LogP contribution is 2.29. The highest BCUT2D eigenvalue weighted by Gasteiger charge is 2.34. The van der Waals surface area contributed by atoms with Gasteiger partial charge in [0.25, 0.3) is 0 Å². The summed E-state index contributed by atoms with van der Waals surface area (Å²) in [5.41, 5.74) is 9.95. The summed E-state index contributed by atoms with van der Waals surface area (Å²) in [7, 11) is -0.904. The quantitative estimate of drug-likeness (QED) is 0.348. The molecule has 0 bridgehead atoms. The maximum Gasteiger partial charge on any atom is 0.491 e. The molecule has 0 saturated heterocycles. The number of nitrogen functional groups attached to an aromatic ring is 1. The lowest BCUT2D eigenvalue weighted by Gasteiger charge is -2.16. The Hall–Kier alpha value is -3.16. The lowest BCUT2D eigenvalue weighted by molar-refractivity contribution is 0.190. The van der Waals surface area contributed by atoms with E-state index in [4.69, 9.17) is 20.5 Å². The van der Waals surface area contributed by atoms with Crippen LogP contribution in [0.5, 0.6) is 5.75 Å². The molecule has 0 amide bonds. The van der Waals surface area contributed by atoms with Gasteiger partial charge in [0.2, 0.25) is 0 Å². The number of hydrogen-bond donors (Lipinski definition) is 3. The van der Waals surface area contributed by atoms with E-state index in [9.17, 15) is 5.02 Å². The van der Waals surface area contributed by atoms with Crippen molar-refractivity contribution in [2.24, 2.45) is 5.73 Å². The van der Waals surface area contributed by atoms with E-state index in [0.717, 1.165) is 22.2 Å². The molecular formula is C21H20BN3O3. The fraction of sp³-hybridized carbons (Fsp3) is 0.143. The minimum absolute atomic E-state index is 0.0504. The van der Waals surface area contributed by atoms with Crippen molar-refractivity contribution in [3.63, 3.8) is 0 Å². The molecule has 0 saturated carbocycles. The second-order valence-electron chi connectivity index (χ2n) is 6.70. The lowest BCUT2D eigenvalue weighted by Crippen LogP contribution is -2.27. The van der Waals surface area contributed by atoms with Crippen LogP contribution in [0.25, 0.3) is 0 Å². The number of pyridine rings is 1. The van der Waals surface area contributed by atoms with Crippen LogP contribution in [0, 0.1) is 5.41 Å². The van der Waals surface area contributed by atoms with Gasteiger partial charge < -0.3 is 20.1 Å². The van der Waals surface area contributed by atoms with Gasteiger partial charge in [0.05, 0.1) is 11.7 Å². The molecule has 0 fully saturated rings. The SMILES string of the molecule is N=C(N)c1ccc(CC2OB(O)c3ccccc32)cc1OCc1cccnc1. The summed E-state index contributed by atoms with van der Waals surface area (Å²) in [5, 5.41) is 17.9. The summed E-state index contributed by atoms with van der Waals surface area (Å²) in [4.78, 5) is 4.08. The molecule has 0 radical (unpaired) electrons. The molecule has 1 aliphatic rings. The van der Waals surface area contributed by atoms with Crippen LogP contribution in [0.3, 0.4) is 0 Å². The third-order valence-electron chi connectivity index (χ3n) is 4.78. The number of hydrogen-bond acceptors (Lipinski definition) is 5. The minimum atomic E-state index is -0.904. The number of rotatable bonds is 6. The van der Waals surface area contributed by atoms with Crippen molar-refractivity contribution in [2.75, 3.05) is 0 Å². The van der Waals surface area contributed by atoms with Crippen molar-refractivity contribution in [1.82, 2.24) is 4.98 Å². The van der Waals surface area contributed by atoms with Crippen molar-refractivity contribution < 1.29 is 14.4 Å². The molecule has 3 aromatic rings. The highest BCUT2D eigenvalue weighted by atomic mass is 16.5. The molecule has 1 unspecified atom stereocenters. The fourth-order valence-corrected chi connectivity index (χ4v) is 3.38. The standard InChI is InChI=1S/C21H20BN3O3/c23-21(24)17-8-7-14(10-19(17)27-13-15-4-3-9-25-12-15)11-20-16-5-1-2-6-18(16)22(26)28-20/h1-10,12,20,26H,11,13H2,(H3,23,24). The van der Waals surface area contributed by atoms with Gasteiger partial charge in [-0.15, -0.1) is 0 Å². The average molecular weight is 373 g/mol. The topological polar surface area (TPSA) is 101 Å². The van der Waals surface area contributed by atoms with Crippen molar-refractivity contribution in [2.45, 2.75) is 19.1 Å². The van der Waals surface area contributed by atoms with E-state index in [1.807, 2.05) is 48.5 Å². The molecule has 0 aliphatic carbocycles. The zero-order valence-corrected chi connectivity index (χ0v) is 15.2. The van der Waals surface area contributed by atoms with Crippen LogP contribution in [0.4, 0.5) is 0 Å². The Morgan fingerprint density at radius 1 is 1.18 bits per heavy atom. The van der Waals surface area contributed by atoms with Gasteiger partial charge >= 0.3 is 7.12 Å². The Bertz CT molecular complexity index is 997. The predicted molar refractivity (Wildman–Crippen MR) is 108 cm³/mol. The molecule has 1 aromatic heterocycles. The molecule has 1 aliphatic heterocycles. The van der Waals surface area contributed by atoms with Crippen LogP contribution < -0.4 is 15.9 Å². The Balaban J connectivity index is 1.56. The molecule has 4 N–H and O–H groups in total. The third-order valence-corrected chi connectivity index (χ3v) is 4.78. The molecule has 140 valence electrons. The number of amidine groups is 1. The zero-order valence-electron chi connectivity index (χ0n) is 15.2. The zero-order chi connectivity index (χ0) is 19.5. The van der Waals surface area contributed by atoms with E-state index in [-0.39, 0.29) is 11.9 Å². The molecule has 0 spiro atoms.